The van der Waals surface area contributed by atoms with Gasteiger partial charge in [-0.2, -0.15) is 0 Å². The summed E-state index contributed by atoms with van der Waals surface area (Å²) in [6, 6.07) is -0.307. The van der Waals surface area contributed by atoms with Crippen LogP contribution < -0.4 is 5.32 Å². The number of imide groups is 1. The molecule has 0 saturated carbocycles. The van der Waals surface area contributed by atoms with Crippen molar-refractivity contribution in [3.63, 3.8) is 0 Å². The molecule has 0 aromatic heterocycles. The lowest BCUT2D eigenvalue weighted by Crippen LogP contribution is -2.42. The third-order valence-corrected chi connectivity index (χ3v) is 3.84. The van der Waals surface area contributed by atoms with E-state index < -0.39 is 0 Å². The number of unbranched alkanes of at least 4 members (excludes halogenated alkanes) is 2. The SMILES string of the molecule is CCCCCC(C)(C)CNC1CC(=O)N(CC)C1=O. The van der Waals surface area contributed by atoms with Crippen LogP contribution in [0.5, 0.6) is 0 Å². The molecule has 19 heavy (non-hydrogen) atoms. The van der Waals surface area contributed by atoms with Gasteiger partial charge in [0, 0.05) is 13.1 Å². The maximum absolute atomic E-state index is 12.0. The Labute approximate surface area is 116 Å². The largest absolute Gasteiger partial charge is 0.305 e. The fourth-order valence-electron chi connectivity index (χ4n) is 2.52. The molecule has 0 aliphatic carbocycles. The van der Waals surface area contributed by atoms with E-state index in [-0.39, 0.29) is 23.3 Å². The Hall–Kier alpha value is -0.900. The highest BCUT2D eigenvalue weighted by Crippen LogP contribution is 2.23. The highest BCUT2D eigenvalue weighted by Gasteiger charge is 2.37. The molecule has 1 unspecified atom stereocenters. The van der Waals surface area contributed by atoms with Crippen LogP contribution in [0.25, 0.3) is 0 Å². The minimum absolute atomic E-state index is 0.0474. The van der Waals surface area contributed by atoms with Crippen LogP contribution in [0.1, 0.15) is 59.8 Å². The van der Waals surface area contributed by atoms with Gasteiger partial charge in [-0.25, -0.2) is 0 Å². The van der Waals surface area contributed by atoms with E-state index >= 15 is 0 Å². The van der Waals surface area contributed by atoms with Gasteiger partial charge < -0.3 is 5.32 Å². The molecule has 0 aromatic rings. The van der Waals surface area contributed by atoms with Crippen LogP contribution in [-0.4, -0.2) is 35.8 Å². The average molecular weight is 268 g/mol. The molecule has 1 aliphatic rings. The van der Waals surface area contributed by atoms with E-state index in [2.05, 4.69) is 26.1 Å². The van der Waals surface area contributed by atoms with Crippen molar-refractivity contribution < 1.29 is 9.59 Å². The third kappa shape index (κ3) is 4.60. The molecule has 4 heteroatoms. The molecule has 1 fully saturated rings. The van der Waals surface area contributed by atoms with E-state index in [1.807, 2.05) is 6.92 Å². The van der Waals surface area contributed by atoms with Gasteiger partial charge in [0.25, 0.3) is 0 Å². The lowest BCUT2D eigenvalue weighted by atomic mass is 9.86. The second kappa shape index (κ2) is 7.04. The van der Waals surface area contributed by atoms with Crippen molar-refractivity contribution in [1.82, 2.24) is 10.2 Å². The lowest BCUT2D eigenvalue weighted by Gasteiger charge is -2.26. The van der Waals surface area contributed by atoms with Crippen LogP contribution in [0.4, 0.5) is 0 Å². The van der Waals surface area contributed by atoms with E-state index in [1.165, 1.54) is 24.2 Å². The molecule has 1 heterocycles. The Morgan fingerprint density at radius 2 is 1.95 bits per heavy atom. The van der Waals surface area contributed by atoms with E-state index in [1.54, 1.807) is 0 Å². The van der Waals surface area contributed by atoms with Crippen molar-refractivity contribution in [3.8, 4) is 0 Å². The summed E-state index contributed by atoms with van der Waals surface area (Å²) < 4.78 is 0. The number of likely N-dealkylation sites (tertiary alicyclic amines) is 1. The van der Waals surface area contributed by atoms with Gasteiger partial charge in [0.15, 0.2) is 0 Å². The number of hydrogen-bond acceptors (Lipinski definition) is 3. The number of carbonyl (C=O) groups is 2. The number of nitrogens with one attached hydrogen (secondary N) is 1. The van der Waals surface area contributed by atoms with Gasteiger partial charge in [-0.05, 0) is 18.8 Å². The van der Waals surface area contributed by atoms with Gasteiger partial charge in [-0.1, -0.05) is 40.0 Å². The fraction of sp³-hybridized carbons (Fsp3) is 0.867. The summed E-state index contributed by atoms with van der Waals surface area (Å²) >= 11 is 0. The maximum Gasteiger partial charge on any atom is 0.246 e. The first kappa shape index (κ1) is 16.2. The average Bonchev–Trinajstić information content (AvgIpc) is 2.62. The minimum atomic E-state index is -0.307. The molecular weight excluding hydrogens is 240 g/mol. The standard InChI is InChI=1S/C15H28N2O2/c1-5-7-8-9-15(3,4)11-16-12-10-13(18)17(6-2)14(12)19/h12,16H,5-11H2,1-4H3. The monoisotopic (exact) mass is 268 g/mol. The van der Waals surface area contributed by atoms with Gasteiger partial charge >= 0.3 is 0 Å². The first-order valence-electron chi connectivity index (χ1n) is 7.49. The van der Waals surface area contributed by atoms with Gasteiger partial charge in [-0.15, -0.1) is 0 Å². The zero-order chi connectivity index (χ0) is 14.5. The zero-order valence-electron chi connectivity index (χ0n) is 12.8. The van der Waals surface area contributed by atoms with Crippen molar-refractivity contribution in [2.45, 2.75) is 65.8 Å². The summed E-state index contributed by atoms with van der Waals surface area (Å²) in [6.07, 6.45) is 5.18. The van der Waals surface area contributed by atoms with E-state index in [0.29, 0.717) is 13.0 Å². The normalized spacial score (nSPS) is 20.4. The van der Waals surface area contributed by atoms with E-state index in [9.17, 15) is 9.59 Å². The molecule has 0 spiro atoms. The molecule has 110 valence electrons. The molecule has 0 radical (unpaired) electrons. The molecule has 1 saturated heterocycles. The van der Waals surface area contributed by atoms with Crippen LogP contribution in [0, 0.1) is 5.41 Å². The van der Waals surface area contributed by atoms with Gasteiger partial charge in [-0.3, -0.25) is 14.5 Å². The summed E-state index contributed by atoms with van der Waals surface area (Å²) in [7, 11) is 0. The van der Waals surface area contributed by atoms with Gasteiger partial charge in [0.05, 0.1) is 12.5 Å². The van der Waals surface area contributed by atoms with E-state index in [4.69, 9.17) is 0 Å². The van der Waals surface area contributed by atoms with Crippen LogP contribution in [-0.2, 0) is 9.59 Å². The zero-order valence-corrected chi connectivity index (χ0v) is 12.8. The molecular formula is C15H28N2O2. The van der Waals surface area contributed by atoms with Crippen LogP contribution in [0.15, 0.2) is 0 Å². The Balaban J connectivity index is 2.40. The second-order valence-corrected chi connectivity index (χ2v) is 6.24. The smallest absolute Gasteiger partial charge is 0.246 e. The fourth-order valence-corrected chi connectivity index (χ4v) is 2.52. The molecule has 1 N–H and O–H groups in total. The van der Waals surface area contributed by atoms with Gasteiger partial charge in [0.2, 0.25) is 11.8 Å². The van der Waals surface area contributed by atoms with Crippen molar-refractivity contribution >= 4 is 11.8 Å². The number of carbonyl (C=O) groups excluding carboxylic acids is 2. The Kier molecular flexibility index (Phi) is 5.98. The number of nitrogens with zero attached hydrogens (tertiary/aromatic N) is 1. The topological polar surface area (TPSA) is 49.4 Å². The summed E-state index contributed by atoms with van der Waals surface area (Å²) in [4.78, 5) is 24.9. The van der Waals surface area contributed by atoms with Crippen LogP contribution in [0.3, 0.4) is 0 Å². The molecule has 0 aromatic carbocycles. The first-order chi connectivity index (χ1) is 8.91. The highest BCUT2D eigenvalue weighted by atomic mass is 16.2. The molecule has 1 atom stereocenters. The number of hydrogen-bond donors (Lipinski definition) is 1. The maximum atomic E-state index is 12.0. The summed E-state index contributed by atoms with van der Waals surface area (Å²) in [5.41, 5.74) is 0.179. The number of amides is 2. The molecule has 2 amide bonds. The molecule has 0 bridgehead atoms. The minimum Gasteiger partial charge on any atom is -0.305 e. The lowest BCUT2D eigenvalue weighted by molar-refractivity contribution is -0.138. The predicted molar refractivity (Wildman–Crippen MR) is 76.7 cm³/mol. The summed E-state index contributed by atoms with van der Waals surface area (Å²) in [6.45, 7) is 9.75. The van der Waals surface area contributed by atoms with Crippen molar-refractivity contribution in [2.75, 3.05) is 13.1 Å². The molecule has 1 rings (SSSR count). The predicted octanol–water partition coefficient (Wildman–Crippen LogP) is 2.33. The van der Waals surface area contributed by atoms with Gasteiger partial charge in [0.1, 0.15) is 0 Å². The van der Waals surface area contributed by atoms with E-state index in [0.717, 1.165) is 13.0 Å². The molecule has 1 aliphatic heterocycles. The Bertz CT molecular complexity index is 326. The first-order valence-corrected chi connectivity index (χ1v) is 7.49. The second-order valence-electron chi connectivity index (χ2n) is 6.24. The number of rotatable bonds is 8. The highest BCUT2D eigenvalue weighted by molar-refractivity contribution is 6.05. The van der Waals surface area contributed by atoms with Crippen LogP contribution >= 0.6 is 0 Å². The van der Waals surface area contributed by atoms with Crippen LogP contribution in [0.2, 0.25) is 0 Å². The van der Waals surface area contributed by atoms with Crippen molar-refractivity contribution in [3.05, 3.63) is 0 Å². The summed E-state index contributed by atoms with van der Waals surface area (Å²) in [5, 5.41) is 3.28. The molecule has 4 nitrogen and oxygen atoms in total. The number of likely N-dealkylation sites (N-methyl/N-ethyl adjacent to an activating group) is 1. The Morgan fingerprint density at radius 1 is 1.26 bits per heavy atom. The van der Waals surface area contributed by atoms with Crippen molar-refractivity contribution in [2.24, 2.45) is 5.41 Å². The quantitative estimate of drug-likeness (QED) is 0.543. The Morgan fingerprint density at radius 3 is 2.47 bits per heavy atom. The third-order valence-electron chi connectivity index (χ3n) is 3.84. The summed E-state index contributed by atoms with van der Waals surface area (Å²) in [5.74, 6) is -0.106. The van der Waals surface area contributed by atoms with Crippen molar-refractivity contribution in [1.29, 1.82) is 0 Å².